The summed E-state index contributed by atoms with van der Waals surface area (Å²) < 4.78 is 0. The zero-order chi connectivity index (χ0) is 15.3. The fourth-order valence-corrected chi connectivity index (χ4v) is 1.64. The molecular weight excluding hydrogens is 262 g/mol. The molecule has 3 amide bonds. The summed E-state index contributed by atoms with van der Waals surface area (Å²) in [6.07, 6.45) is -0.207. The van der Waals surface area contributed by atoms with Crippen molar-refractivity contribution in [3.05, 3.63) is 29.8 Å². The molecule has 1 aromatic rings. The van der Waals surface area contributed by atoms with Crippen molar-refractivity contribution >= 4 is 23.6 Å². The maximum atomic E-state index is 11.8. The number of benzene rings is 1. The average Bonchev–Trinajstić information content (AvgIpc) is 2.25. The lowest BCUT2D eigenvalue weighted by molar-refractivity contribution is -0.138. The summed E-state index contributed by atoms with van der Waals surface area (Å²) in [5.74, 6) is -1.61. The molecule has 0 saturated heterocycles. The molecule has 0 atom stereocenters. The molecule has 7 heteroatoms. The molecule has 0 unspecified atom stereocenters. The van der Waals surface area contributed by atoms with E-state index in [1.807, 2.05) is 0 Å². The predicted molar refractivity (Wildman–Crippen MR) is 73.4 cm³/mol. The van der Waals surface area contributed by atoms with Crippen LogP contribution in [-0.2, 0) is 4.79 Å². The van der Waals surface area contributed by atoms with E-state index in [0.717, 1.165) is 0 Å². The van der Waals surface area contributed by atoms with E-state index in [-0.39, 0.29) is 12.0 Å². The van der Waals surface area contributed by atoms with Crippen LogP contribution in [0.5, 0.6) is 0 Å². The molecule has 0 bridgehead atoms. The molecule has 20 heavy (non-hydrogen) atoms. The van der Waals surface area contributed by atoms with Crippen molar-refractivity contribution in [3.63, 3.8) is 0 Å². The standard InChI is InChI=1S/C13H17N3O4/c1-13(2,7-10(17)18)16-12(20)15-9-5-3-4-8(6-9)11(14)19/h3-6H,7H2,1-2H3,(H2,14,19)(H,17,18)(H2,15,16,20). The van der Waals surface area contributed by atoms with Gasteiger partial charge in [-0.1, -0.05) is 6.07 Å². The number of carboxylic acids is 1. The third kappa shape index (κ3) is 4.97. The molecule has 7 nitrogen and oxygen atoms in total. The van der Waals surface area contributed by atoms with Crippen LogP contribution in [0.15, 0.2) is 24.3 Å². The van der Waals surface area contributed by atoms with Crippen LogP contribution in [-0.4, -0.2) is 28.6 Å². The van der Waals surface area contributed by atoms with Gasteiger partial charge >= 0.3 is 12.0 Å². The number of aliphatic carboxylic acids is 1. The van der Waals surface area contributed by atoms with Crippen LogP contribution in [0.3, 0.4) is 0 Å². The fraction of sp³-hybridized carbons (Fsp3) is 0.308. The first-order valence-corrected chi connectivity index (χ1v) is 5.90. The smallest absolute Gasteiger partial charge is 0.319 e. The third-order valence-electron chi connectivity index (χ3n) is 2.45. The SMILES string of the molecule is CC(C)(CC(=O)O)NC(=O)Nc1cccc(C(N)=O)c1. The Morgan fingerprint density at radius 2 is 1.95 bits per heavy atom. The van der Waals surface area contributed by atoms with E-state index in [1.54, 1.807) is 26.0 Å². The minimum absolute atomic E-state index is 0.207. The number of urea groups is 1. The van der Waals surface area contributed by atoms with Gasteiger partial charge in [-0.25, -0.2) is 4.79 Å². The highest BCUT2D eigenvalue weighted by molar-refractivity contribution is 5.96. The van der Waals surface area contributed by atoms with Gasteiger partial charge in [0.25, 0.3) is 0 Å². The van der Waals surface area contributed by atoms with E-state index in [1.165, 1.54) is 12.1 Å². The molecule has 0 aromatic heterocycles. The number of carbonyl (C=O) groups is 3. The molecule has 5 N–H and O–H groups in total. The zero-order valence-corrected chi connectivity index (χ0v) is 11.3. The Hall–Kier alpha value is -2.57. The van der Waals surface area contributed by atoms with E-state index in [4.69, 9.17) is 10.8 Å². The first-order valence-electron chi connectivity index (χ1n) is 5.90. The van der Waals surface area contributed by atoms with Gasteiger partial charge in [-0.15, -0.1) is 0 Å². The Balaban J connectivity index is 2.69. The quantitative estimate of drug-likeness (QED) is 0.646. The number of nitrogens with two attached hydrogens (primary N) is 1. The maximum absolute atomic E-state index is 11.8. The monoisotopic (exact) mass is 279 g/mol. The number of nitrogens with one attached hydrogen (secondary N) is 2. The van der Waals surface area contributed by atoms with Gasteiger partial charge in [-0.2, -0.15) is 0 Å². The first kappa shape index (κ1) is 15.5. The van der Waals surface area contributed by atoms with E-state index < -0.39 is 23.4 Å². The molecule has 0 radical (unpaired) electrons. The predicted octanol–water partition coefficient (Wildman–Crippen LogP) is 1.16. The van der Waals surface area contributed by atoms with Crippen molar-refractivity contribution in [3.8, 4) is 0 Å². The van der Waals surface area contributed by atoms with Crippen LogP contribution in [0.4, 0.5) is 10.5 Å². The van der Waals surface area contributed by atoms with Crippen molar-refractivity contribution in [1.82, 2.24) is 5.32 Å². The van der Waals surface area contributed by atoms with Crippen molar-refractivity contribution < 1.29 is 19.5 Å². The average molecular weight is 279 g/mol. The summed E-state index contributed by atoms with van der Waals surface area (Å²) in [6.45, 7) is 3.20. The molecular formula is C13H17N3O4. The lowest BCUT2D eigenvalue weighted by Gasteiger charge is -2.24. The second kappa shape index (κ2) is 6.05. The van der Waals surface area contributed by atoms with E-state index in [2.05, 4.69) is 10.6 Å². The molecule has 0 heterocycles. The fourth-order valence-electron chi connectivity index (χ4n) is 1.64. The number of carbonyl (C=O) groups excluding carboxylic acids is 2. The maximum Gasteiger partial charge on any atom is 0.319 e. The van der Waals surface area contributed by atoms with Crippen LogP contribution in [0.25, 0.3) is 0 Å². The lowest BCUT2D eigenvalue weighted by atomic mass is 10.0. The highest BCUT2D eigenvalue weighted by Crippen LogP contribution is 2.12. The van der Waals surface area contributed by atoms with Crippen LogP contribution < -0.4 is 16.4 Å². The van der Waals surface area contributed by atoms with Gasteiger partial charge in [0.05, 0.1) is 6.42 Å². The van der Waals surface area contributed by atoms with Gasteiger partial charge < -0.3 is 21.5 Å². The summed E-state index contributed by atoms with van der Waals surface area (Å²) >= 11 is 0. The minimum Gasteiger partial charge on any atom is -0.481 e. The van der Waals surface area contributed by atoms with Crippen LogP contribution in [0.1, 0.15) is 30.6 Å². The van der Waals surface area contributed by atoms with Gasteiger partial charge in [0, 0.05) is 16.8 Å². The molecule has 1 aromatic carbocycles. The van der Waals surface area contributed by atoms with E-state index >= 15 is 0 Å². The second-order valence-corrected chi connectivity index (χ2v) is 4.98. The number of anilines is 1. The van der Waals surface area contributed by atoms with Gasteiger partial charge in [0.15, 0.2) is 0 Å². The molecule has 0 fully saturated rings. The summed E-state index contributed by atoms with van der Waals surface area (Å²) in [7, 11) is 0. The van der Waals surface area contributed by atoms with Gasteiger partial charge in [0.2, 0.25) is 5.91 Å². The summed E-state index contributed by atoms with van der Waals surface area (Å²) in [5.41, 5.74) is 4.91. The van der Waals surface area contributed by atoms with Crippen molar-refractivity contribution in [2.24, 2.45) is 5.73 Å². The molecule has 0 saturated carbocycles. The second-order valence-electron chi connectivity index (χ2n) is 4.98. The highest BCUT2D eigenvalue weighted by atomic mass is 16.4. The molecule has 0 aliphatic heterocycles. The Labute approximate surface area is 116 Å². The number of rotatable bonds is 5. The van der Waals surface area contributed by atoms with E-state index in [0.29, 0.717) is 5.69 Å². The summed E-state index contributed by atoms with van der Waals surface area (Å²) in [6, 6.07) is 5.58. The number of hydrogen-bond donors (Lipinski definition) is 4. The highest BCUT2D eigenvalue weighted by Gasteiger charge is 2.23. The molecule has 108 valence electrons. The first-order chi connectivity index (χ1) is 9.19. The van der Waals surface area contributed by atoms with Crippen LogP contribution >= 0.6 is 0 Å². The minimum atomic E-state index is -1.01. The van der Waals surface area contributed by atoms with E-state index in [9.17, 15) is 14.4 Å². The van der Waals surface area contributed by atoms with Gasteiger partial charge in [0.1, 0.15) is 0 Å². The van der Waals surface area contributed by atoms with Crippen molar-refractivity contribution in [2.45, 2.75) is 25.8 Å². The zero-order valence-electron chi connectivity index (χ0n) is 11.3. The number of carboxylic acid groups (broad SMARTS) is 1. The van der Waals surface area contributed by atoms with Crippen molar-refractivity contribution in [1.29, 1.82) is 0 Å². The Kier molecular flexibility index (Phi) is 4.68. The molecule has 1 rings (SSSR count). The molecule has 0 aliphatic rings. The number of primary amides is 1. The Bertz CT molecular complexity index is 540. The lowest BCUT2D eigenvalue weighted by Crippen LogP contribution is -2.46. The molecule has 0 aliphatic carbocycles. The van der Waals surface area contributed by atoms with Crippen molar-refractivity contribution in [2.75, 3.05) is 5.32 Å². The van der Waals surface area contributed by atoms with Gasteiger partial charge in [-0.3, -0.25) is 9.59 Å². The molecule has 0 spiro atoms. The topological polar surface area (TPSA) is 122 Å². The number of hydrogen-bond acceptors (Lipinski definition) is 3. The van der Waals surface area contributed by atoms with Crippen LogP contribution in [0, 0.1) is 0 Å². The number of amides is 3. The largest absolute Gasteiger partial charge is 0.481 e. The van der Waals surface area contributed by atoms with Crippen LogP contribution in [0.2, 0.25) is 0 Å². The summed E-state index contributed by atoms with van der Waals surface area (Å²) in [4.78, 5) is 33.4. The Morgan fingerprint density at radius 3 is 2.50 bits per heavy atom. The van der Waals surface area contributed by atoms with Gasteiger partial charge in [-0.05, 0) is 32.0 Å². The third-order valence-corrected chi connectivity index (χ3v) is 2.45. The summed E-state index contributed by atoms with van der Waals surface area (Å²) in [5, 5.41) is 13.8. The Morgan fingerprint density at radius 1 is 1.30 bits per heavy atom. The normalized spacial score (nSPS) is 10.7.